The van der Waals surface area contributed by atoms with Gasteiger partial charge >= 0.3 is 0 Å². The van der Waals surface area contributed by atoms with Crippen molar-refractivity contribution in [2.24, 2.45) is 0 Å². The van der Waals surface area contributed by atoms with Crippen LogP contribution in [0.3, 0.4) is 0 Å². The fourth-order valence-electron chi connectivity index (χ4n) is 3.94. The standard InChI is InChI=1S/C21H20Cl2FN3O2/c22-17-6-3-7-18(19(17)23)26-10-8-25(9-11-26)14(12-24)13-27-20(28)15-4-1-2-5-16(15)21(27)29/h1-7,14H,8-13H2. The molecule has 152 valence electrons. The summed E-state index contributed by atoms with van der Waals surface area (Å²) in [4.78, 5) is 30.4. The lowest BCUT2D eigenvalue weighted by Gasteiger charge is -2.40. The summed E-state index contributed by atoms with van der Waals surface area (Å²) in [5.74, 6) is -0.707. The molecule has 0 radical (unpaired) electrons. The number of carbonyl (C=O) groups excluding carboxylic acids is 2. The van der Waals surface area contributed by atoms with Crippen LogP contribution >= 0.6 is 23.2 Å². The summed E-state index contributed by atoms with van der Waals surface area (Å²) in [6.45, 7) is 1.91. The van der Waals surface area contributed by atoms with Gasteiger partial charge in [0, 0.05) is 32.7 Å². The molecule has 29 heavy (non-hydrogen) atoms. The third-order valence-corrected chi connectivity index (χ3v) is 6.36. The van der Waals surface area contributed by atoms with Crippen molar-refractivity contribution in [1.29, 1.82) is 0 Å². The monoisotopic (exact) mass is 435 g/mol. The maximum Gasteiger partial charge on any atom is 0.261 e. The van der Waals surface area contributed by atoms with Crippen LogP contribution in [0, 0.1) is 0 Å². The molecular weight excluding hydrogens is 416 g/mol. The first-order valence-corrected chi connectivity index (χ1v) is 10.2. The number of hydrogen-bond acceptors (Lipinski definition) is 4. The van der Waals surface area contributed by atoms with Crippen LogP contribution in [0.25, 0.3) is 0 Å². The Morgan fingerprint density at radius 2 is 1.52 bits per heavy atom. The molecule has 1 saturated heterocycles. The third kappa shape index (κ3) is 3.72. The van der Waals surface area contributed by atoms with Crippen molar-refractivity contribution in [3.63, 3.8) is 0 Å². The van der Waals surface area contributed by atoms with Gasteiger partial charge in [-0.05, 0) is 24.3 Å². The van der Waals surface area contributed by atoms with E-state index in [2.05, 4.69) is 4.90 Å². The normalized spacial score (nSPS) is 18.3. The molecule has 2 aromatic carbocycles. The summed E-state index contributed by atoms with van der Waals surface area (Å²) in [6, 6.07) is 11.7. The highest BCUT2D eigenvalue weighted by Gasteiger charge is 2.38. The summed E-state index contributed by atoms with van der Waals surface area (Å²) < 4.78 is 13.9. The van der Waals surface area contributed by atoms with Crippen LogP contribution in [0.1, 0.15) is 20.7 Å². The first-order chi connectivity index (χ1) is 14.0. The highest BCUT2D eigenvalue weighted by atomic mass is 35.5. The second-order valence-electron chi connectivity index (χ2n) is 7.17. The van der Waals surface area contributed by atoms with Crippen LogP contribution in [0.5, 0.6) is 0 Å². The molecule has 8 heteroatoms. The smallest absolute Gasteiger partial charge is 0.261 e. The van der Waals surface area contributed by atoms with Gasteiger partial charge in [-0.2, -0.15) is 0 Å². The lowest BCUT2D eigenvalue weighted by molar-refractivity contribution is 0.0562. The number of hydrogen-bond donors (Lipinski definition) is 0. The number of carbonyl (C=O) groups is 2. The van der Waals surface area contributed by atoms with Crippen LogP contribution < -0.4 is 4.90 Å². The van der Waals surface area contributed by atoms with E-state index in [1.165, 1.54) is 0 Å². The Bertz CT molecular complexity index is 912. The fraction of sp³-hybridized carbons (Fsp3) is 0.333. The van der Waals surface area contributed by atoms with Crippen molar-refractivity contribution in [3.05, 3.63) is 63.6 Å². The number of fused-ring (bicyclic) bond motifs is 1. The Balaban J connectivity index is 1.42. The summed E-state index contributed by atoms with van der Waals surface area (Å²) in [5, 5.41) is 1.01. The third-order valence-electron chi connectivity index (χ3n) is 5.55. The maximum absolute atomic E-state index is 13.9. The summed E-state index contributed by atoms with van der Waals surface area (Å²) in [5.41, 5.74) is 1.63. The van der Waals surface area contributed by atoms with Gasteiger partial charge in [0.05, 0.1) is 32.9 Å². The van der Waals surface area contributed by atoms with E-state index in [1.807, 2.05) is 17.0 Å². The molecule has 2 aromatic rings. The number of anilines is 1. The molecule has 5 nitrogen and oxygen atoms in total. The van der Waals surface area contributed by atoms with Crippen molar-refractivity contribution < 1.29 is 14.0 Å². The minimum absolute atomic E-state index is 0.0424. The molecule has 2 aliphatic heterocycles. The SMILES string of the molecule is O=C1c2ccccc2C(=O)N1CC(CF)N1CCN(c2cccc(Cl)c2Cl)CC1. The predicted molar refractivity (Wildman–Crippen MR) is 112 cm³/mol. The van der Waals surface area contributed by atoms with Crippen LogP contribution in [0.2, 0.25) is 10.0 Å². The maximum atomic E-state index is 13.9. The average molecular weight is 436 g/mol. The molecular formula is C21H20Cl2FN3O2. The van der Waals surface area contributed by atoms with E-state index in [1.54, 1.807) is 30.3 Å². The van der Waals surface area contributed by atoms with Crippen LogP contribution in [-0.4, -0.2) is 67.1 Å². The molecule has 2 amide bonds. The van der Waals surface area contributed by atoms with E-state index < -0.39 is 12.7 Å². The molecule has 2 heterocycles. The Labute approximate surface area is 178 Å². The first-order valence-electron chi connectivity index (χ1n) is 9.45. The van der Waals surface area contributed by atoms with Crippen molar-refractivity contribution in [3.8, 4) is 0 Å². The van der Waals surface area contributed by atoms with E-state index >= 15 is 0 Å². The Morgan fingerprint density at radius 3 is 2.10 bits per heavy atom. The second kappa shape index (κ2) is 8.30. The zero-order valence-electron chi connectivity index (χ0n) is 15.7. The second-order valence-corrected chi connectivity index (χ2v) is 7.96. The molecule has 0 spiro atoms. The molecule has 0 aliphatic carbocycles. The van der Waals surface area contributed by atoms with E-state index in [9.17, 15) is 14.0 Å². The number of alkyl halides is 1. The highest BCUT2D eigenvalue weighted by Crippen LogP contribution is 2.33. The summed E-state index contributed by atoms with van der Waals surface area (Å²) in [7, 11) is 0. The number of piperazine rings is 1. The predicted octanol–water partition coefficient (Wildman–Crippen LogP) is 3.75. The Kier molecular flexibility index (Phi) is 5.76. The largest absolute Gasteiger partial charge is 0.368 e. The number of nitrogens with zero attached hydrogens (tertiary/aromatic N) is 3. The number of halogens is 3. The minimum atomic E-state index is -0.634. The van der Waals surface area contributed by atoms with Gasteiger partial charge in [-0.1, -0.05) is 41.4 Å². The van der Waals surface area contributed by atoms with Gasteiger partial charge in [-0.25, -0.2) is 4.39 Å². The van der Waals surface area contributed by atoms with Gasteiger partial charge < -0.3 is 4.90 Å². The molecule has 2 aliphatic rings. The van der Waals surface area contributed by atoms with Crippen LogP contribution in [-0.2, 0) is 0 Å². The molecule has 0 aromatic heterocycles. The van der Waals surface area contributed by atoms with E-state index in [0.717, 1.165) is 10.6 Å². The van der Waals surface area contributed by atoms with E-state index in [0.29, 0.717) is 47.4 Å². The zero-order valence-corrected chi connectivity index (χ0v) is 17.2. The zero-order chi connectivity index (χ0) is 20.5. The molecule has 0 bridgehead atoms. The minimum Gasteiger partial charge on any atom is -0.368 e. The molecule has 1 fully saturated rings. The Morgan fingerprint density at radius 1 is 0.897 bits per heavy atom. The van der Waals surface area contributed by atoms with Crippen LogP contribution in [0.4, 0.5) is 10.1 Å². The van der Waals surface area contributed by atoms with E-state index in [-0.39, 0.29) is 18.4 Å². The number of imide groups is 1. The molecule has 1 unspecified atom stereocenters. The summed E-state index contributed by atoms with van der Waals surface area (Å²) >= 11 is 12.4. The van der Waals surface area contributed by atoms with Gasteiger partial charge in [0.15, 0.2) is 0 Å². The quantitative estimate of drug-likeness (QED) is 0.670. The average Bonchev–Trinajstić information content (AvgIpc) is 2.99. The molecule has 1 atom stereocenters. The van der Waals surface area contributed by atoms with Gasteiger partial charge in [-0.3, -0.25) is 19.4 Å². The topological polar surface area (TPSA) is 43.9 Å². The lowest BCUT2D eigenvalue weighted by Crippen LogP contribution is -2.54. The number of rotatable bonds is 5. The first kappa shape index (κ1) is 20.1. The van der Waals surface area contributed by atoms with Crippen LogP contribution in [0.15, 0.2) is 42.5 Å². The van der Waals surface area contributed by atoms with Gasteiger partial charge in [0.25, 0.3) is 11.8 Å². The van der Waals surface area contributed by atoms with Crippen molar-refractivity contribution in [2.75, 3.05) is 44.3 Å². The lowest BCUT2D eigenvalue weighted by atomic mass is 10.1. The number of benzene rings is 2. The van der Waals surface area contributed by atoms with Crippen molar-refractivity contribution in [2.45, 2.75) is 6.04 Å². The number of amides is 2. The molecule has 0 N–H and O–H groups in total. The van der Waals surface area contributed by atoms with Crippen molar-refractivity contribution in [1.82, 2.24) is 9.80 Å². The van der Waals surface area contributed by atoms with Gasteiger partial charge in [0.2, 0.25) is 0 Å². The molecule has 0 saturated carbocycles. The Hall–Kier alpha value is -2.15. The van der Waals surface area contributed by atoms with Gasteiger partial charge in [-0.15, -0.1) is 0 Å². The molecule has 4 rings (SSSR count). The fourth-order valence-corrected chi connectivity index (χ4v) is 4.36. The van der Waals surface area contributed by atoms with Crippen molar-refractivity contribution >= 4 is 40.7 Å². The summed E-state index contributed by atoms with van der Waals surface area (Å²) in [6.07, 6.45) is 0. The highest BCUT2D eigenvalue weighted by molar-refractivity contribution is 6.43. The van der Waals surface area contributed by atoms with Gasteiger partial charge in [0.1, 0.15) is 6.67 Å². The van der Waals surface area contributed by atoms with E-state index in [4.69, 9.17) is 23.2 Å².